The fourth-order valence-electron chi connectivity index (χ4n) is 3.16. The number of urea groups is 1. The van der Waals surface area contributed by atoms with Crippen LogP contribution in [0.5, 0.6) is 5.75 Å². The van der Waals surface area contributed by atoms with E-state index < -0.39 is 18.0 Å². The van der Waals surface area contributed by atoms with Crippen molar-refractivity contribution >= 4 is 11.9 Å². The van der Waals surface area contributed by atoms with Gasteiger partial charge in [0, 0.05) is 17.8 Å². The van der Waals surface area contributed by atoms with E-state index in [1.54, 1.807) is 12.1 Å². The molecule has 144 valence electrons. The van der Waals surface area contributed by atoms with E-state index >= 15 is 0 Å². The Morgan fingerprint density at radius 2 is 1.86 bits per heavy atom. The Hall–Kier alpha value is -3.54. The lowest BCUT2D eigenvalue weighted by Crippen LogP contribution is -2.53. The molecule has 1 aliphatic rings. The number of nitrogens with one attached hydrogen (secondary N) is 3. The summed E-state index contributed by atoms with van der Waals surface area (Å²) in [6.07, 6.45) is 1.64. The van der Waals surface area contributed by atoms with Gasteiger partial charge in [-0.2, -0.15) is 0 Å². The molecule has 2 aromatic rings. The Balaban J connectivity index is 1.85. The van der Waals surface area contributed by atoms with Crippen LogP contribution in [-0.4, -0.2) is 18.5 Å². The van der Waals surface area contributed by atoms with Crippen LogP contribution < -0.4 is 20.7 Å². The van der Waals surface area contributed by atoms with E-state index in [4.69, 9.17) is 4.74 Å². The van der Waals surface area contributed by atoms with Gasteiger partial charge in [0.1, 0.15) is 18.3 Å². The summed E-state index contributed by atoms with van der Waals surface area (Å²) in [6, 6.07) is 15.9. The first-order valence-corrected chi connectivity index (χ1v) is 9.00. The molecule has 0 aromatic heterocycles. The number of para-hydroxylation sites is 1. The number of amides is 3. The minimum Gasteiger partial charge on any atom is -0.489 e. The van der Waals surface area contributed by atoms with Crippen LogP contribution in [0.2, 0.25) is 0 Å². The molecule has 6 nitrogen and oxygen atoms in total. The second kappa shape index (κ2) is 8.90. The van der Waals surface area contributed by atoms with Crippen molar-refractivity contribution in [3.05, 3.63) is 90.7 Å². The lowest BCUT2D eigenvalue weighted by atomic mass is 9.87. The zero-order chi connectivity index (χ0) is 19.9. The molecular formula is C22H23N3O3. The number of benzene rings is 2. The van der Waals surface area contributed by atoms with Gasteiger partial charge in [-0.25, -0.2) is 4.79 Å². The maximum absolute atomic E-state index is 13.0. The molecule has 0 saturated carbocycles. The SMILES string of the molecule is C=CCOc1ccccc1[C@@H]1NC(=O)NC(=C)[C@H]1C(=O)NCc1ccccc1. The van der Waals surface area contributed by atoms with Crippen molar-refractivity contribution in [2.75, 3.05) is 6.61 Å². The maximum atomic E-state index is 13.0. The fraction of sp³-hybridized carbons (Fsp3) is 0.182. The standard InChI is InChI=1S/C22H23N3O3/c1-3-13-28-18-12-8-7-11-17(18)20-19(15(2)24-22(27)25-20)21(26)23-14-16-9-5-4-6-10-16/h3-12,19-20H,1-2,13-14H2,(H,23,26)(H2,24,25,27)/t19-,20+/m1/s1. The van der Waals surface area contributed by atoms with Gasteiger partial charge in [-0.15, -0.1) is 0 Å². The summed E-state index contributed by atoms with van der Waals surface area (Å²) in [7, 11) is 0. The number of carbonyl (C=O) groups excluding carboxylic acids is 2. The largest absolute Gasteiger partial charge is 0.489 e. The molecule has 3 amide bonds. The molecule has 1 heterocycles. The van der Waals surface area contributed by atoms with Crippen LogP contribution in [-0.2, 0) is 11.3 Å². The Bertz CT molecular complexity index is 880. The first-order valence-electron chi connectivity index (χ1n) is 9.00. The van der Waals surface area contributed by atoms with Crippen LogP contribution in [0.4, 0.5) is 4.79 Å². The molecule has 0 radical (unpaired) electrons. The van der Waals surface area contributed by atoms with Crippen LogP contribution in [0.25, 0.3) is 0 Å². The molecule has 0 bridgehead atoms. The van der Waals surface area contributed by atoms with E-state index in [0.717, 1.165) is 5.56 Å². The Morgan fingerprint density at radius 3 is 2.61 bits per heavy atom. The van der Waals surface area contributed by atoms with Crippen LogP contribution in [0.1, 0.15) is 17.2 Å². The first kappa shape index (κ1) is 19.2. The van der Waals surface area contributed by atoms with Gasteiger partial charge in [-0.3, -0.25) is 4.79 Å². The maximum Gasteiger partial charge on any atom is 0.319 e. The van der Waals surface area contributed by atoms with Crippen molar-refractivity contribution in [2.24, 2.45) is 5.92 Å². The summed E-state index contributed by atoms with van der Waals surface area (Å²) in [5, 5.41) is 8.37. The molecule has 3 rings (SSSR count). The molecule has 3 N–H and O–H groups in total. The highest BCUT2D eigenvalue weighted by molar-refractivity contribution is 5.88. The molecule has 1 saturated heterocycles. The second-order valence-electron chi connectivity index (χ2n) is 6.42. The monoisotopic (exact) mass is 377 g/mol. The van der Waals surface area contributed by atoms with Gasteiger partial charge >= 0.3 is 6.03 Å². The molecule has 0 unspecified atom stereocenters. The number of hydrogen-bond acceptors (Lipinski definition) is 3. The van der Waals surface area contributed by atoms with Crippen LogP contribution in [0, 0.1) is 5.92 Å². The number of ether oxygens (including phenoxy) is 1. The zero-order valence-electron chi connectivity index (χ0n) is 15.5. The van der Waals surface area contributed by atoms with Crippen molar-refractivity contribution < 1.29 is 14.3 Å². The Morgan fingerprint density at radius 1 is 1.14 bits per heavy atom. The summed E-state index contributed by atoms with van der Waals surface area (Å²) in [5.41, 5.74) is 2.04. The summed E-state index contributed by atoms with van der Waals surface area (Å²) >= 11 is 0. The van der Waals surface area contributed by atoms with Crippen LogP contribution >= 0.6 is 0 Å². The molecule has 0 aliphatic carbocycles. The van der Waals surface area contributed by atoms with Gasteiger partial charge in [-0.1, -0.05) is 67.8 Å². The third kappa shape index (κ3) is 4.40. The minimum absolute atomic E-state index is 0.232. The average molecular weight is 377 g/mol. The molecule has 0 spiro atoms. The third-order valence-corrected chi connectivity index (χ3v) is 4.47. The van der Waals surface area contributed by atoms with E-state index in [0.29, 0.717) is 30.2 Å². The average Bonchev–Trinajstić information content (AvgIpc) is 2.71. The highest BCUT2D eigenvalue weighted by Crippen LogP contribution is 2.35. The smallest absolute Gasteiger partial charge is 0.319 e. The highest BCUT2D eigenvalue weighted by atomic mass is 16.5. The normalized spacial score (nSPS) is 18.6. The van der Waals surface area contributed by atoms with E-state index in [1.807, 2.05) is 48.5 Å². The first-order chi connectivity index (χ1) is 13.6. The van der Waals surface area contributed by atoms with Crippen molar-refractivity contribution in [1.82, 2.24) is 16.0 Å². The predicted molar refractivity (Wildman–Crippen MR) is 107 cm³/mol. The highest BCUT2D eigenvalue weighted by Gasteiger charge is 2.38. The zero-order valence-corrected chi connectivity index (χ0v) is 15.5. The van der Waals surface area contributed by atoms with Gasteiger partial charge in [0.05, 0.1) is 6.04 Å². The van der Waals surface area contributed by atoms with Crippen molar-refractivity contribution in [3.63, 3.8) is 0 Å². The topological polar surface area (TPSA) is 79.5 Å². The van der Waals surface area contributed by atoms with Crippen molar-refractivity contribution in [1.29, 1.82) is 0 Å². The van der Waals surface area contributed by atoms with Crippen LogP contribution in [0.15, 0.2) is 79.5 Å². The molecule has 2 aromatic carbocycles. The van der Waals surface area contributed by atoms with Crippen LogP contribution in [0.3, 0.4) is 0 Å². The quantitative estimate of drug-likeness (QED) is 0.649. The lowest BCUT2D eigenvalue weighted by Gasteiger charge is -2.34. The molecule has 2 atom stereocenters. The summed E-state index contributed by atoms with van der Waals surface area (Å²) in [4.78, 5) is 25.0. The number of hydrogen-bond donors (Lipinski definition) is 3. The Kier molecular flexibility index (Phi) is 6.11. The summed E-state index contributed by atoms with van der Waals surface area (Å²) < 4.78 is 5.72. The third-order valence-electron chi connectivity index (χ3n) is 4.47. The number of carbonyl (C=O) groups is 2. The second-order valence-corrected chi connectivity index (χ2v) is 6.42. The predicted octanol–water partition coefficient (Wildman–Crippen LogP) is 3.05. The van der Waals surface area contributed by atoms with Gasteiger partial charge < -0.3 is 20.7 Å². The molecule has 1 fully saturated rings. The molecular weight excluding hydrogens is 354 g/mol. The molecule has 28 heavy (non-hydrogen) atoms. The van der Waals surface area contributed by atoms with Crippen molar-refractivity contribution in [2.45, 2.75) is 12.6 Å². The van der Waals surface area contributed by atoms with E-state index in [1.165, 1.54) is 0 Å². The van der Waals surface area contributed by atoms with E-state index in [-0.39, 0.29) is 5.91 Å². The summed E-state index contributed by atoms with van der Waals surface area (Å²) in [5.74, 6) is -0.331. The number of rotatable bonds is 7. The van der Waals surface area contributed by atoms with Crippen molar-refractivity contribution in [3.8, 4) is 5.75 Å². The van der Waals surface area contributed by atoms with Gasteiger partial charge in [0.25, 0.3) is 0 Å². The lowest BCUT2D eigenvalue weighted by molar-refractivity contribution is -0.125. The van der Waals surface area contributed by atoms with E-state index in [9.17, 15) is 9.59 Å². The molecule has 6 heteroatoms. The fourth-order valence-corrected chi connectivity index (χ4v) is 3.16. The molecule has 1 aliphatic heterocycles. The van der Waals surface area contributed by atoms with E-state index in [2.05, 4.69) is 29.1 Å². The Labute approximate surface area is 164 Å². The van der Waals surface area contributed by atoms with Gasteiger partial charge in [0.2, 0.25) is 5.91 Å². The van der Waals surface area contributed by atoms with Gasteiger partial charge in [0.15, 0.2) is 0 Å². The van der Waals surface area contributed by atoms with Gasteiger partial charge in [-0.05, 0) is 11.6 Å². The summed E-state index contributed by atoms with van der Waals surface area (Å²) in [6.45, 7) is 8.26. The minimum atomic E-state index is -0.685.